The Balaban J connectivity index is 2.13. The van der Waals surface area contributed by atoms with Crippen LogP contribution in [0, 0.1) is 11.6 Å². The maximum Gasteiger partial charge on any atom is 0.156 e. The minimum atomic E-state index is -0.736. The molecule has 1 aliphatic heterocycles. The van der Waals surface area contributed by atoms with E-state index in [9.17, 15) is 8.78 Å². The number of aliphatic imine (C=N–C) groups is 1. The van der Waals surface area contributed by atoms with Gasteiger partial charge in [0.2, 0.25) is 0 Å². The van der Waals surface area contributed by atoms with E-state index in [4.69, 9.17) is 23.2 Å². The standard InChI is InChI=1S/C17H10Cl2F2N4/c1-8-17-22-7-23-25(17)12-6-5-9(18)15(19)14(12)16(24-8)13-10(20)3-2-4-11(13)21/h2-8H,1H3. The number of rotatable bonds is 1. The molecule has 0 bridgehead atoms. The Morgan fingerprint density at radius 1 is 1.04 bits per heavy atom. The predicted molar refractivity (Wildman–Crippen MR) is 91.8 cm³/mol. The van der Waals surface area contributed by atoms with Gasteiger partial charge >= 0.3 is 0 Å². The van der Waals surface area contributed by atoms with Gasteiger partial charge in [0.25, 0.3) is 0 Å². The van der Waals surface area contributed by atoms with E-state index in [0.29, 0.717) is 17.1 Å². The molecule has 0 saturated heterocycles. The molecule has 0 saturated carbocycles. The van der Waals surface area contributed by atoms with Crippen LogP contribution in [0.5, 0.6) is 0 Å². The number of fused-ring (bicyclic) bond motifs is 3. The van der Waals surface area contributed by atoms with Gasteiger partial charge in [-0.15, -0.1) is 0 Å². The van der Waals surface area contributed by atoms with Gasteiger partial charge in [0.05, 0.1) is 27.0 Å². The van der Waals surface area contributed by atoms with Crippen LogP contribution in [0.25, 0.3) is 5.69 Å². The molecule has 0 fully saturated rings. The Morgan fingerprint density at radius 3 is 2.48 bits per heavy atom. The highest BCUT2D eigenvalue weighted by atomic mass is 35.5. The molecule has 126 valence electrons. The maximum absolute atomic E-state index is 14.4. The molecule has 3 aromatic rings. The third-order valence-electron chi connectivity index (χ3n) is 4.01. The van der Waals surface area contributed by atoms with E-state index in [-0.39, 0.29) is 21.3 Å². The Bertz CT molecular complexity index is 1010. The van der Waals surface area contributed by atoms with Gasteiger partial charge in [-0.1, -0.05) is 29.3 Å². The van der Waals surface area contributed by atoms with E-state index in [1.165, 1.54) is 24.5 Å². The second kappa shape index (κ2) is 5.89. The third-order valence-corrected chi connectivity index (χ3v) is 4.81. The van der Waals surface area contributed by atoms with Crippen LogP contribution in [0.15, 0.2) is 41.7 Å². The van der Waals surface area contributed by atoms with Crippen molar-refractivity contribution < 1.29 is 8.78 Å². The van der Waals surface area contributed by atoms with Gasteiger partial charge in [0.15, 0.2) is 5.82 Å². The number of benzene rings is 2. The summed E-state index contributed by atoms with van der Waals surface area (Å²) < 4.78 is 30.4. The van der Waals surface area contributed by atoms with Crippen LogP contribution in [0.1, 0.15) is 29.9 Å². The van der Waals surface area contributed by atoms with E-state index in [0.717, 1.165) is 0 Å². The second-order valence-electron chi connectivity index (χ2n) is 5.54. The lowest BCUT2D eigenvalue weighted by Crippen LogP contribution is -2.12. The molecule has 0 spiro atoms. The minimum Gasteiger partial charge on any atom is -0.273 e. The minimum absolute atomic E-state index is 0.0814. The van der Waals surface area contributed by atoms with Crippen molar-refractivity contribution in [2.45, 2.75) is 13.0 Å². The van der Waals surface area contributed by atoms with Crippen molar-refractivity contribution in [2.75, 3.05) is 0 Å². The molecule has 1 aliphatic rings. The highest BCUT2D eigenvalue weighted by Gasteiger charge is 2.29. The summed E-state index contributed by atoms with van der Waals surface area (Å²) in [6.45, 7) is 1.76. The number of hydrogen-bond donors (Lipinski definition) is 0. The number of aromatic nitrogens is 3. The zero-order valence-electron chi connectivity index (χ0n) is 12.8. The molecule has 2 aromatic carbocycles. The molecule has 4 rings (SSSR count). The van der Waals surface area contributed by atoms with Crippen LogP contribution < -0.4 is 0 Å². The maximum atomic E-state index is 14.4. The molecular weight excluding hydrogens is 369 g/mol. The zero-order valence-corrected chi connectivity index (χ0v) is 14.4. The predicted octanol–water partition coefficient (Wildman–Crippen LogP) is 4.76. The van der Waals surface area contributed by atoms with E-state index in [2.05, 4.69) is 15.1 Å². The molecule has 1 unspecified atom stereocenters. The van der Waals surface area contributed by atoms with E-state index in [1.54, 1.807) is 23.7 Å². The van der Waals surface area contributed by atoms with E-state index >= 15 is 0 Å². The van der Waals surface area contributed by atoms with E-state index < -0.39 is 17.7 Å². The SMILES string of the molecule is CC1N=C(c2c(F)cccc2F)c2c(ccc(Cl)c2Cl)-n2ncnc21. The van der Waals surface area contributed by atoms with Gasteiger partial charge in [-0.05, 0) is 31.2 Å². The average Bonchev–Trinajstić information content (AvgIpc) is 3.02. The average molecular weight is 379 g/mol. The van der Waals surface area contributed by atoms with Crippen LogP contribution in [0.3, 0.4) is 0 Å². The molecular formula is C17H10Cl2F2N4. The molecule has 25 heavy (non-hydrogen) atoms. The highest BCUT2D eigenvalue weighted by Crippen LogP contribution is 2.37. The van der Waals surface area contributed by atoms with Crippen molar-refractivity contribution in [3.05, 3.63) is 75.3 Å². The Morgan fingerprint density at radius 2 is 1.76 bits per heavy atom. The lowest BCUT2D eigenvalue weighted by Gasteiger charge is -2.14. The highest BCUT2D eigenvalue weighted by molar-refractivity contribution is 6.45. The van der Waals surface area contributed by atoms with Gasteiger partial charge in [-0.3, -0.25) is 4.99 Å². The second-order valence-corrected chi connectivity index (χ2v) is 6.32. The van der Waals surface area contributed by atoms with Crippen molar-refractivity contribution in [1.82, 2.24) is 14.8 Å². The van der Waals surface area contributed by atoms with Gasteiger partial charge in [0.1, 0.15) is 24.0 Å². The van der Waals surface area contributed by atoms with Gasteiger partial charge in [0, 0.05) is 5.56 Å². The van der Waals surface area contributed by atoms with Crippen molar-refractivity contribution in [2.24, 2.45) is 4.99 Å². The Hall–Kier alpha value is -2.31. The van der Waals surface area contributed by atoms with Crippen molar-refractivity contribution >= 4 is 28.9 Å². The van der Waals surface area contributed by atoms with Crippen molar-refractivity contribution in [3.8, 4) is 5.69 Å². The molecule has 1 aromatic heterocycles. The topological polar surface area (TPSA) is 43.1 Å². The fourth-order valence-electron chi connectivity index (χ4n) is 2.89. The summed E-state index contributed by atoms with van der Waals surface area (Å²) in [5, 5.41) is 4.60. The largest absolute Gasteiger partial charge is 0.273 e. The summed E-state index contributed by atoms with van der Waals surface area (Å²) in [6.07, 6.45) is 1.39. The fourth-order valence-corrected chi connectivity index (χ4v) is 3.30. The lowest BCUT2D eigenvalue weighted by atomic mass is 9.99. The number of halogens is 4. The van der Waals surface area contributed by atoms with Crippen molar-refractivity contribution in [1.29, 1.82) is 0 Å². The Kier molecular flexibility index (Phi) is 3.81. The molecule has 4 nitrogen and oxygen atoms in total. The normalized spacial score (nSPS) is 16.0. The van der Waals surface area contributed by atoms with Crippen molar-refractivity contribution in [3.63, 3.8) is 0 Å². The monoisotopic (exact) mass is 378 g/mol. The first kappa shape index (κ1) is 16.2. The summed E-state index contributed by atoms with van der Waals surface area (Å²) in [4.78, 5) is 8.70. The van der Waals surface area contributed by atoms with E-state index in [1.807, 2.05) is 0 Å². The zero-order chi connectivity index (χ0) is 17.7. The smallest absolute Gasteiger partial charge is 0.156 e. The summed E-state index contributed by atoms with van der Waals surface area (Å²) in [5.74, 6) is -0.938. The molecule has 0 aliphatic carbocycles. The number of hydrogen-bond acceptors (Lipinski definition) is 3. The first-order valence-corrected chi connectivity index (χ1v) is 8.15. The van der Waals surface area contributed by atoms with Crippen LogP contribution in [0.4, 0.5) is 8.78 Å². The van der Waals surface area contributed by atoms with Crippen LogP contribution >= 0.6 is 23.2 Å². The summed E-state index contributed by atoms with van der Waals surface area (Å²) in [5.41, 5.74) is 0.644. The molecule has 0 N–H and O–H groups in total. The Labute approximate surface area is 151 Å². The lowest BCUT2D eigenvalue weighted by molar-refractivity contribution is 0.578. The summed E-state index contributed by atoms with van der Waals surface area (Å²) in [6, 6.07) is 6.42. The third kappa shape index (κ3) is 2.44. The molecule has 8 heteroatoms. The van der Waals surface area contributed by atoms with Gasteiger partial charge in [-0.25, -0.2) is 18.4 Å². The molecule has 1 atom stereocenters. The molecule has 0 radical (unpaired) electrons. The van der Waals surface area contributed by atoms with Gasteiger partial charge < -0.3 is 0 Å². The molecule has 0 amide bonds. The summed E-state index contributed by atoms with van der Waals surface area (Å²) >= 11 is 12.5. The van der Waals surface area contributed by atoms with Crippen LogP contribution in [-0.2, 0) is 0 Å². The van der Waals surface area contributed by atoms with Gasteiger partial charge in [-0.2, -0.15) is 5.10 Å². The van der Waals surface area contributed by atoms with Crippen LogP contribution in [-0.4, -0.2) is 20.5 Å². The fraction of sp³-hybridized carbons (Fsp3) is 0.118. The van der Waals surface area contributed by atoms with Crippen LogP contribution in [0.2, 0.25) is 10.0 Å². The molecule has 2 heterocycles. The summed E-state index contributed by atoms with van der Waals surface area (Å²) in [7, 11) is 0. The quantitative estimate of drug-likeness (QED) is 0.612. The number of nitrogens with zero attached hydrogens (tertiary/aromatic N) is 4. The first-order chi connectivity index (χ1) is 12.0. The first-order valence-electron chi connectivity index (χ1n) is 7.40.